The summed E-state index contributed by atoms with van der Waals surface area (Å²) in [4.78, 5) is 35.6. The first-order chi connectivity index (χ1) is 29.4. The van der Waals surface area contributed by atoms with Crippen molar-refractivity contribution in [3.05, 3.63) is 85.1 Å². The van der Waals surface area contributed by atoms with Crippen LogP contribution in [0.4, 0.5) is 0 Å². The topological polar surface area (TPSA) is 210 Å². The molecule has 1 rings (SSSR count). The summed E-state index contributed by atoms with van der Waals surface area (Å²) in [7, 11) is -5.14. The molecule has 1 aliphatic carbocycles. The van der Waals surface area contributed by atoms with Crippen molar-refractivity contribution in [1.29, 1.82) is 0 Å². The number of allylic oxidation sites excluding steroid dienone is 14. The summed E-state index contributed by atoms with van der Waals surface area (Å²) in [5.41, 5.74) is 0. The van der Waals surface area contributed by atoms with Crippen LogP contribution in [-0.4, -0.2) is 98.3 Å². The highest BCUT2D eigenvalue weighted by molar-refractivity contribution is 7.47. The number of carbonyl (C=O) groups is 2. The molecule has 6 unspecified atom stereocenters. The van der Waals surface area contributed by atoms with Crippen LogP contribution >= 0.6 is 7.82 Å². The van der Waals surface area contributed by atoms with Crippen LogP contribution in [0.25, 0.3) is 0 Å². The molecule has 1 saturated carbocycles. The zero-order valence-corrected chi connectivity index (χ0v) is 37.6. The van der Waals surface area contributed by atoms with Crippen LogP contribution in [0, 0.1) is 0 Å². The minimum atomic E-state index is -5.14. The highest BCUT2D eigenvalue weighted by Gasteiger charge is 2.51. The first-order valence-electron chi connectivity index (χ1n) is 22.4. The molecule has 8 atom stereocenters. The number of phosphoric ester groups is 1. The van der Waals surface area contributed by atoms with Gasteiger partial charge in [0.05, 0.1) is 6.61 Å². The number of phosphoric acid groups is 1. The number of aliphatic hydroxyl groups excluding tert-OH is 5. The summed E-state index contributed by atoms with van der Waals surface area (Å²) in [6.45, 7) is 3.08. The third-order valence-corrected chi connectivity index (χ3v) is 10.7. The Balaban J connectivity index is 2.55. The van der Waals surface area contributed by atoms with Gasteiger partial charge in [-0.25, -0.2) is 4.57 Å². The Bertz CT molecular complexity index is 1390. The lowest BCUT2D eigenvalue weighted by molar-refractivity contribution is -0.220. The number of carbonyl (C=O) groups excluding carboxylic acids is 2. The van der Waals surface area contributed by atoms with Gasteiger partial charge in [-0.3, -0.25) is 18.6 Å². The van der Waals surface area contributed by atoms with Crippen LogP contribution < -0.4 is 0 Å². The maximum absolute atomic E-state index is 12.8. The van der Waals surface area contributed by atoms with E-state index in [1.807, 2.05) is 18.2 Å². The van der Waals surface area contributed by atoms with Gasteiger partial charge in [-0.15, -0.1) is 0 Å². The van der Waals surface area contributed by atoms with Gasteiger partial charge in [-0.2, -0.15) is 0 Å². The largest absolute Gasteiger partial charge is 0.472 e. The first kappa shape index (κ1) is 56.0. The predicted molar refractivity (Wildman–Crippen MR) is 239 cm³/mol. The number of rotatable bonds is 35. The molecule has 0 aromatic carbocycles. The standard InChI is InChI=1S/C47H77O13P/c1-3-5-7-9-11-13-15-17-18-19-20-21-22-24-26-28-30-32-34-36-41(49)59-39(38-58-61(55,56)60-47-45(53)43(51)42(50)44(52)46(47)54)37-57-40(48)35-33-31-29-27-25-23-16-14-12-10-8-6-4-2/h5,7,11,13,17-18,20-21,23-26,30,32,39,42-47,50-54H,3-4,6,8-10,12,14-16,19,22,27-29,31,33-38H2,1-2H3,(H,55,56)/b7-5+,13-11+,18-17+,21-20+,25-23+,26-24+,32-30+/t39-,42?,43+,44?,45?,46?,47?/m1/s1. The zero-order valence-electron chi connectivity index (χ0n) is 36.7. The second kappa shape index (κ2) is 36.5. The molecule has 0 aromatic rings. The van der Waals surface area contributed by atoms with Gasteiger partial charge in [0.1, 0.15) is 43.2 Å². The van der Waals surface area contributed by atoms with E-state index in [1.54, 1.807) is 0 Å². The molecule has 1 fully saturated rings. The Morgan fingerprint density at radius 1 is 0.525 bits per heavy atom. The Morgan fingerprint density at radius 3 is 1.49 bits per heavy atom. The van der Waals surface area contributed by atoms with E-state index in [0.29, 0.717) is 19.3 Å². The van der Waals surface area contributed by atoms with Gasteiger partial charge in [-0.05, 0) is 77.0 Å². The maximum Gasteiger partial charge on any atom is 0.472 e. The first-order valence-corrected chi connectivity index (χ1v) is 23.9. The summed E-state index contributed by atoms with van der Waals surface area (Å²) in [6.07, 6.45) is 33.7. The molecule has 0 radical (unpaired) electrons. The van der Waals surface area contributed by atoms with Crippen LogP contribution in [0.5, 0.6) is 0 Å². The number of hydrogen-bond donors (Lipinski definition) is 6. The highest BCUT2D eigenvalue weighted by atomic mass is 31.2. The van der Waals surface area contributed by atoms with E-state index in [0.717, 1.165) is 57.8 Å². The van der Waals surface area contributed by atoms with Crippen LogP contribution in [0.3, 0.4) is 0 Å². The average molecular weight is 881 g/mol. The van der Waals surface area contributed by atoms with Crippen molar-refractivity contribution < 1.29 is 63.1 Å². The number of ether oxygens (including phenoxy) is 2. The molecule has 14 heteroatoms. The summed E-state index contributed by atoms with van der Waals surface area (Å²) >= 11 is 0. The van der Waals surface area contributed by atoms with Crippen molar-refractivity contribution in [2.75, 3.05) is 13.2 Å². The minimum Gasteiger partial charge on any atom is -0.462 e. The minimum absolute atomic E-state index is 0.0358. The number of aliphatic hydroxyl groups is 5. The van der Waals surface area contributed by atoms with Crippen LogP contribution in [0.1, 0.15) is 142 Å². The van der Waals surface area contributed by atoms with Crippen molar-refractivity contribution in [2.24, 2.45) is 0 Å². The average Bonchev–Trinajstić information content (AvgIpc) is 3.24. The molecule has 0 aromatic heterocycles. The molecule has 0 spiro atoms. The number of unbranched alkanes of at least 4 members (excludes halogenated alkanes) is 9. The van der Waals surface area contributed by atoms with Gasteiger partial charge < -0.3 is 39.9 Å². The molecule has 0 bridgehead atoms. The van der Waals surface area contributed by atoms with Crippen molar-refractivity contribution in [1.82, 2.24) is 0 Å². The van der Waals surface area contributed by atoms with Crippen molar-refractivity contribution >= 4 is 19.8 Å². The quantitative estimate of drug-likeness (QED) is 0.0153. The summed E-state index contributed by atoms with van der Waals surface area (Å²) in [6, 6.07) is 0. The van der Waals surface area contributed by atoms with Gasteiger partial charge in [0, 0.05) is 12.8 Å². The van der Waals surface area contributed by atoms with Crippen LogP contribution in [0.2, 0.25) is 0 Å². The van der Waals surface area contributed by atoms with E-state index in [9.17, 15) is 44.6 Å². The molecule has 0 aliphatic heterocycles. The fourth-order valence-corrected chi connectivity index (χ4v) is 7.10. The molecule has 0 heterocycles. The Kier molecular flexibility index (Phi) is 33.5. The second-order valence-electron chi connectivity index (χ2n) is 15.2. The smallest absolute Gasteiger partial charge is 0.462 e. The van der Waals surface area contributed by atoms with Gasteiger partial charge in [0.2, 0.25) is 0 Å². The SMILES string of the molecule is CC/C=C/C/C=C/C/C=C/C/C=C/C/C=C/C/C=C/CCC(=O)O[C@H](COC(=O)CCCCC/C=C/CCCCCCCC)COP(=O)(O)OC1C(O)C(O)C(O)[C@H](O)C1O. The Morgan fingerprint density at radius 2 is 0.967 bits per heavy atom. The van der Waals surface area contributed by atoms with E-state index in [1.165, 1.54) is 38.5 Å². The van der Waals surface area contributed by atoms with Crippen LogP contribution in [-0.2, 0) is 32.7 Å². The van der Waals surface area contributed by atoms with Gasteiger partial charge in [0.25, 0.3) is 0 Å². The van der Waals surface area contributed by atoms with Crippen molar-refractivity contribution in [2.45, 2.75) is 185 Å². The molecule has 13 nitrogen and oxygen atoms in total. The van der Waals surface area contributed by atoms with Gasteiger partial charge in [-0.1, -0.05) is 137 Å². The Hall–Kier alpha value is -2.97. The molecule has 0 amide bonds. The van der Waals surface area contributed by atoms with Crippen molar-refractivity contribution in [3.8, 4) is 0 Å². The molecule has 1 aliphatic rings. The predicted octanol–water partition coefficient (Wildman–Crippen LogP) is 8.50. The lowest BCUT2D eigenvalue weighted by Crippen LogP contribution is -2.64. The van der Waals surface area contributed by atoms with E-state index >= 15 is 0 Å². The summed E-state index contributed by atoms with van der Waals surface area (Å²) in [5, 5.41) is 50.1. The zero-order chi connectivity index (χ0) is 45.0. The van der Waals surface area contributed by atoms with Gasteiger partial charge in [0.15, 0.2) is 6.10 Å². The lowest BCUT2D eigenvalue weighted by atomic mass is 9.85. The summed E-state index contributed by atoms with van der Waals surface area (Å²) in [5.74, 6) is -1.23. The lowest BCUT2D eigenvalue weighted by Gasteiger charge is -2.41. The molecular formula is C47H77O13P. The van der Waals surface area contributed by atoms with Crippen LogP contribution in [0.15, 0.2) is 85.1 Å². The normalized spacial score (nSPS) is 22.8. The molecule has 6 N–H and O–H groups in total. The summed E-state index contributed by atoms with van der Waals surface area (Å²) < 4.78 is 33.4. The van der Waals surface area contributed by atoms with E-state index in [-0.39, 0.29) is 12.8 Å². The van der Waals surface area contributed by atoms with Gasteiger partial charge >= 0.3 is 19.8 Å². The fraction of sp³-hybridized carbons (Fsp3) is 0.660. The fourth-order valence-electron chi connectivity index (χ4n) is 6.13. The highest BCUT2D eigenvalue weighted by Crippen LogP contribution is 2.47. The number of esters is 2. The molecule has 61 heavy (non-hydrogen) atoms. The number of hydrogen-bond acceptors (Lipinski definition) is 12. The monoisotopic (exact) mass is 881 g/mol. The maximum atomic E-state index is 12.8. The molecule has 348 valence electrons. The molecule has 0 saturated heterocycles. The Labute approximate surface area is 365 Å². The van der Waals surface area contributed by atoms with Crippen molar-refractivity contribution in [3.63, 3.8) is 0 Å². The third kappa shape index (κ3) is 29.1. The molecular weight excluding hydrogens is 803 g/mol. The van der Waals surface area contributed by atoms with E-state index < -0.39 is 75.7 Å². The van der Waals surface area contributed by atoms with E-state index in [2.05, 4.69) is 80.7 Å². The third-order valence-electron chi connectivity index (χ3n) is 9.73. The van der Waals surface area contributed by atoms with E-state index in [4.69, 9.17) is 18.5 Å². The second-order valence-corrected chi connectivity index (χ2v) is 16.6.